The second-order valence-electron chi connectivity index (χ2n) is 4.48. The molecule has 1 atom stereocenters. The molecule has 0 N–H and O–H groups in total. The van der Waals surface area contributed by atoms with E-state index in [-0.39, 0.29) is 17.8 Å². The van der Waals surface area contributed by atoms with Crippen LogP contribution in [0.1, 0.15) is 12.7 Å². The maximum absolute atomic E-state index is 11.4. The Hall–Kier alpha value is -1.73. The summed E-state index contributed by atoms with van der Waals surface area (Å²) >= 11 is 7.11. The number of ether oxygens (including phenoxy) is 2. The molecule has 0 aliphatic carbocycles. The van der Waals surface area contributed by atoms with Gasteiger partial charge in [0.05, 0.1) is 7.11 Å². The number of methoxy groups -OCH3 is 1. The molecule has 0 aliphatic rings. The quantitative estimate of drug-likeness (QED) is 0.594. The molecular formula is C14H16ClN3O3S. The van der Waals surface area contributed by atoms with Gasteiger partial charge in [-0.05, 0) is 31.2 Å². The van der Waals surface area contributed by atoms with Crippen LogP contribution in [-0.4, -0.2) is 33.1 Å². The lowest BCUT2D eigenvalue weighted by Crippen LogP contribution is -2.15. The smallest absolute Gasteiger partial charge is 0.318 e. The third-order valence-corrected chi connectivity index (χ3v) is 4.29. The summed E-state index contributed by atoms with van der Waals surface area (Å²) in [4.78, 5) is 11.4. The average molecular weight is 342 g/mol. The summed E-state index contributed by atoms with van der Waals surface area (Å²) in [5.41, 5.74) is 0. The molecule has 0 saturated carbocycles. The van der Waals surface area contributed by atoms with E-state index in [4.69, 9.17) is 21.1 Å². The molecule has 0 unspecified atom stereocenters. The molecular weight excluding hydrogens is 326 g/mol. The van der Waals surface area contributed by atoms with Crippen molar-refractivity contribution in [2.75, 3.05) is 7.11 Å². The van der Waals surface area contributed by atoms with E-state index in [9.17, 15) is 4.79 Å². The van der Waals surface area contributed by atoms with Crippen molar-refractivity contribution in [3.05, 3.63) is 35.1 Å². The lowest BCUT2D eigenvalue weighted by Gasteiger charge is -2.09. The van der Waals surface area contributed by atoms with Gasteiger partial charge in [0.15, 0.2) is 11.0 Å². The molecule has 0 fully saturated rings. The number of hydrogen-bond acceptors (Lipinski definition) is 6. The zero-order valence-corrected chi connectivity index (χ0v) is 14.0. The molecule has 0 amide bonds. The van der Waals surface area contributed by atoms with Crippen LogP contribution in [0.5, 0.6) is 5.75 Å². The van der Waals surface area contributed by atoms with Gasteiger partial charge in [0.1, 0.15) is 17.6 Å². The van der Waals surface area contributed by atoms with Gasteiger partial charge in [-0.2, -0.15) is 0 Å². The molecule has 8 heteroatoms. The normalized spacial score (nSPS) is 12.0. The Balaban J connectivity index is 1.98. The Morgan fingerprint density at radius 3 is 2.68 bits per heavy atom. The van der Waals surface area contributed by atoms with Gasteiger partial charge in [0, 0.05) is 12.1 Å². The van der Waals surface area contributed by atoms with Crippen LogP contribution >= 0.6 is 23.4 Å². The molecule has 0 aliphatic heterocycles. The Bertz CT molecular complexity index is 645. The number of nitrogens with zero attached hydrogens (tertiary/aromatic N) is 3. The van der Waals surface area contributed by atoms with Crippen LogP contribution in [-0.2, 0) is 23.2 Å². The van der Waals surface area contributed by atoms with Crippen molar-refractivity contribution in [3.63, 3.8) is 0 Å². The fraction of sp³-hybridized carbons (Fsp3) is 0.357. The minimum Gasteiger partial charge on any atom is -0.486 e. The van der Waals surface area contributed by atoms with Crippen LogP contribution < -0.4 is 4.74 Å². The number of esters is 1. The van der Waals surface area contributed by atoms with E-state index >= 15 is 0 Å². The zero-order valence-electron chi connectivity index (χ0n) is 12.4. The van der Waals surface area contributed by atoms with Crippen molar-refractivity contribution in [1.29, 1.82) is 0 Å². The number of aromatic nitrogens is 3. The monoisotopic (exact) mass is 341 g/mol. The lowest BCUT2D eigenvalue weighted by atomic mass is 10.3. The van der Waals surface area contributed by atoms with E-state index in [2.05, 4.69) is 10.2 Å². The molecule has 0 radical (unpaired) electrons. The second kappa shape index (κ2) is 7.51. The van der Waals surface area contributed by atoms with Crippen LogP contribution in [0.4, 0.5) is 0 Å². The number of carbonyl (C=O) groups is 1. The number of hydrogen-bond donors (Lipinski definition) is 0. The van der Waals surface area contributed by atoms with E-state index in [1.165, 1.54) is 18.9 Å². The predicted molar refractivity (Wildman–Crippen MR) is 84.1 cm³/mol. The molecule has 118 valence electrons. The third kappa shape index (κ3) is 4.14. The summed E-state index contributed by atoms with van der Waals surface area (Å²) in [6.45, 7) is 2.04. The minimum atomic E-state index is -0.349. The number of rotatable bonds is 6. The molecule has 2 rings (SSSR count). The topological polar surface area (TPSA) is 66.2 Å². The van der Waals surface area contributed by atoms with E-state index < -0.39 is 0 Å². The van der Waals surface area contributed by atoms with Crippen LogP contribution in [0.2, 0.25) is 5.02 Å². The van der Waals surface area contributed by atoms with Gasteiger partial charge in [0.25, 0.3) is 0 Å². The van der Waals surface area contributed by atoms with Gasteiger partial charge in [0.2, 0.25) is 0 Å². The van der Waals surface area contributed by atoms with Crippen LogP contribution in [0, 0.1) is 0 Å². The van der Waals surface area contributed by atoms with Gasteiger partial charge in [-0.15, -0.1) is 10.2 Å². The number of benzene rings is 1. The maximum Gasteiger partial charge on any atom is 0.318 e. The SMILES string of the molecule is COC(=O)[C@H](C)Sc1nnc(COc2ccc(Cl)cc2)n1C. The first kappa shape index (κ1) is 16.6. The highest BCUT2D eigenvalue weighted by Gasteiger charge is 2.19. The van der Waals surface area contributed by atoms with Gasteiger partial charge >= 0.3 is 5.97 Å². The molecule has 2 aromatic rings. The van der Waals surface area contributed by atoms with Crippen molar-refractivity contribution in [2.45, 2.75) is 23.9 Å². The second-order valence-corrected chi connectivity index (χ2v) is 6.23. The molecule has 22 heavy (non-hydrogen) atoms. The third-order valence-electron chi connectivity index (χ3n) is 2.92. The summed E-state index contributed by atoms with van der Waals surface area (Å²) in [5, 5.41) is 9.08. The Morgan fingerprint density at radius 2 is 2.05 bits per heavy atom. The largest absolute Gasteiger partial charge is 0.486 e. The first-order chi connectivity index (χ1) is 10.5. The highest BCUT2D eigenvalue weighted by molar-refractivity contribution is 8.00. The fourth-order valence-electron chi connectivity index (χ4n) is 1.62. The summed E-state index contributed by atoms with van der Waals surface area (Å²) in [6, 6.07) is 7.08. The van der Waals surface area contributed by atoms with Crippen molar-refractivity contribution in [2.24, 2.45) is 7.05 Å². The van der Waals surface area contributed by atoms with Crippen molar-refractivity contribution in [3.8, 4) is 5.75 Å². The van der Waals surface area contributed by atoms with Crippen molar-refractivity contribution >= 4 is 29.3 Å². The molecule has 0 spiro atoms. The fourth-order valence-corrected chi connectivity index (χ4v) is 2.61. The molecule has 1 aromatic carbocycles. The van der Waals surface area contributed by atoms with Crippen molar-refractivity contribution < 1.29 is 14.3 Å². The molecule has 6 nitrogen and oxygen atoms in total. The Labute approximate surface area is 137 Å². The molecule has 1 aromatic heterocycles. The molecule has 0 saturated heterocycles. The van der Waals surface area contributed by atoms with Gasteiger partial charge in [-0.3, -0.25) is 4.79 Å². The van der Waals surface area contributed by atoms with E-state index in [0.717, 1.165) is 0 Å². The Kier molecular flexibility index (Phi) is 5.68. The molecule has 0 bridgehead atoms. The molecule has 1 heterocycles. The lowest BCUT2D eigenvalue weighted by molar-refractivity contribution is -0.139. The summed E-state index contributed by atoms with van der Waals surface area (Å²) in [6.07, 6.45) is 0. The first-order valence-electron chi connectivity index (χ1n) is 6.52. The van der Waals surface area contributed by atoms with Gasteiger partial charge < -0.3 is 14.0 Å². The van der Waals surface area contributed by atoms with Crippen LogP contribution in [0.3, 0.4) is 0 Å². The minimum absolute atomic E-state index is 0.276. The van der Waals surface area contributed by atoms with Gasteiger partial charge in [-0.1, -0.05) is 23.4 Å². The number of halogens is 1. The summed E-state index contributed by atoms with van der Waals surface area (Å²) in [7, 11) is 3.19. The van der Waals surface area contributed by atoms with E-state index in [1.807, 2.05) is 7.05 Å². The zero-order chi connectivity index (χ0) is 16.1. The Morgan fingerprint density at radius 1 is 1.36 bits per heavy atom. The van der Waals surface area contributed by atoms with E-state index in [0.29, 0.717) is 21.8 Å². The number of carbonyl (C=O) groups excluding carboxylic acids is 1. The summed E-state index contributed by atoms with van der Waals surface area (Å²) in [5.74, 6) is 1.06. The van der Waals surface area contributed by atoms with Gasteiger partial charge in [-0.25, -0.2) is 0 Å². The van der Waals surface area contributed by atoms with Crippen LogP contribution in [0.15, 0.2) is 29.4 Å². The summed E-state index contributed by atoms with van der Waals surface area (Å²) < 4.78 is 12.1. The predicted octanol–water partition coefficient (Wildman–Crippen LogP) is 2.70. The average Bonchev–Trinajstić information content (AvgIpc) is 2.86. The highest BCUT2D eigenvalue weighted by Crippen LogP contribution is 2.23. The standard InChI is InChI=1S/C14H16ClN3O3S/c1-9(13(19)20-3)22-14-17-16-12(18(14)2)8-21-11-6-4-10(15)5-7-11/h4-7,9H,8H2,1-3H3/t9-/m0/s1. The first-order valence-corrected chi connectivity index (χ1v) is 7.78. The van der Waals surface area contributed by atoms with Crippen molar-refractivity contribution in [1.82, 2.24) is 14.8 Å². The van der Waals surface area contributed by atoms with Crippen LogP contribution in [0.25, 0.3) is 0 Å². The maximum atomic E-state index is 11.4. The highest BCUT2D eigenvalue weighted by atomic mass is 35.5. The number of thioether (sulfide) groups is 1. The van der Waals surface area contributed by atoms with E-state index in [1.54, 1.807) is 35.8 Å².